The van der Waals surface area contributed by atoms with Gasteiger partial charge in [-0.25, -0.2) is 5.43 Å². The standard InChI is InChI=1S/C16H17N5O3/c1-10(11-6-8-12(9-7-11)21(23)24)17-20-16(22)15-13-4-2-3-5-14(13)18-19-15/h6-9H,2-5H2,1H3,(H,18,19)(H,20,22)/b17-10+. The Morgan fingerprint density at radius 3 is 2.71 bits per heavy atom. The molecule has 0 saturated carbocycles. The van der Waals surface area contributed by atoms with Crippen molar-refractivity contribution in [3.05, 3.63) is 56.9 Å². The van der Waals surface area contributed by atoms with Gasteiger partial charge in [0, 0.05) is 23.4 Å². The molecule has 0 atom stereocenters. The van der Waals surface area contributed by atoms with Crippen LogP contribution in [0.25, 0.3) is 0 Å². The Balaban J connectivity index is 1.71. The van der Waals surface area contributed by atoms with Gasteiger partial charge >= 0.3 is 0 Å². The number of hydrogen-bond donors (Lipinski definition) is 2. The summed E-state index contributed by atoms with van der Waals surface area (Å²) >= 11 is 0. The van der Waals surface area contributed by atoms with Gasteiger partial charge in [-0.2, -0.15) is 10.2 Å². The van der Waals surface area contributed by atoms with E-state index in [-0.39, 0.29) is 11.6 Å². The van der Waals surface area contributed by atoms with Crippen LogP contribution in [0.3, 0.4) is 0 Å². The molecule has 2 aromatic rings. The van der Waals surface area contributed by atoms with E-state index in [0.29, 0.717) is 17.0 Å². The van der Waals surface area contributed by atoms with Crippen molar-refractivity contribution >= 4 is 17.3 Å². The van der Waals surface area contributed by atoms with Gasteiger partial charge in [-0.05, 0) is 50.3 Å². The Kier molecular flexibility index (Phi) is 4.37. The van der Waals surface area contributed by atoms with E-state index in [0.717, 1.165) is 36.9 Å². The van der Waals surface area contributed by atoms with Crippen molar-refractivity contribution in [2.45, 2.75) is 32.6 Å². The molecular formula is C16H17N5O3. The number of rotatable bonds is 4. The number of carbonyl (C=O) groups is 1. The second-order valence-corrected chi connectivity index (χ2v) is 5.68. The lowest BCUT2D eigenvalue weighted by Gasteiger charge is -2.10. The highest BCUT2D eigenvalue weighted by Gasteiger charge is 2.21. The highest BCUT2D eigenvalue weighted by atomic mass is 16.6. The number of nitro benzene ring substituents is 1. The maximum Gasteiger partial charge on any atom is 0.292 e. The first-order valence-corrected chi connectivity index (χ1v) is 7.72. The monoisotopic (exact) mass is 327 g/mol. The van der Waals surface area contributed by atoms with Crippen molar-refractivity contribution in [1.29, 1.82) is 0 Å². The van der Waals surface area contributed by atoms with E-state index in [2.05, 4.69) is 20.7 Å². The number of amides is 1. The Hall–Kier alpha value is -3.03. The molecule has 1 aliphatic carbocycles. The first kappa shape index (κ1) is 15.9. The minimum atomic E-state index is -0.460. The van der Waals surface area contributed by atoms with Crippen molar-refractivity contribution in [3.63, 3.8) is 0 Å². The number of nitrogens with one attached hydrogen (secondary N) is 2. The molecule has 0 spiro atoms. The lowest BCUT2D eigenvalue weighted by atomic mass is 9.96. The normalized spacial score (nSPS) is 14.1. The number of aromatic nitrogens is 2. The van der Waals surface area contributed by atoms with Crippen LogP contribution >= 0.6 is 0 Å². The molecule has 2 N–H and O–H groups in total. The zero-order valence-corrected chi connectivity index (χ0v) is 13.2. The number of H-pyrrole nitrogens is 1. The van der Waals surface area contributed by atoms with Crippen LogP contribution in [-0.2, 0) is 12.8 Å². The molecule has 0 unspecified atom stereocenters. The number of hydrazone groups is 1. The minimum Gasteiger partial charge on any atom is -0.281 e. The van der Waals surface area contributed by atoms with E-state index in [1.165, 1.54) is 12.1 Å². The maximum atomic E-state index is 12.3. The average molecular weight is 327 g/mol. The van der Waals surface area contributed by atoms with E-state index in [1.807, 2.05) is 0 Å². The van der Waals surface area contributed by atoms with E-state index >= 15 is 0 Å². The predicted octanol–water partition coefficient (Wildman–Crippen LogP) is 2.35. The summed E-state index contributed by atoms with van der Waals surface area (Å²) in [6.07, 6.45) is 3.92. The van der Waals surface area contributed by atoms with Gasteiger partial charge in [0.15, 0.2) is 5.69 Å². The van der Waals surface area contributed by atoms with Gasteiger partial charge in [-0.3, -0.25) is 20.0 Å². The van der Waals surface area contributed by atoms with Gasteiger partial charge in [0.2, 0.25) is 0 Å². The van der Waals surface area contributed by atoms with Crippen molar-refractivity contribution in [1.82, 2.24) is 15.6 Å². The highest BCUT2D eigenvalue weighted by Crippen LogP contribution is 2.22. The maximum absolute atomic E-state index is 12.3. The number of aromatic amines is 1. The van der Waals surface area contributed by atoms with Crippen molar-refractivity contribution in [2.75, 3.05) is 0 Å². The van der Waals surface area contributed by atoms with Crippen LogP contribution < -0.4 is 5.43 Å². The lowest BCUT2D eigenvalue weighted by molar-refractivity contribution is -0.384. The quantitative estimate of drug-likeness (QED) is 0.509. The molecule has 3 rings (SSSR count). The van der Waals surface area contributed by atoms with Crippen LogP contribution in [-0.4, -0.2) is 26.7 Å². The molecular weight excluding hydrogens is 310 g/mol. The van der Waals surface area contributed by atoms with Crippen LogP contribution in [0.2, 0.25) is 0 Å². The van der Waals surface area contributed by atoms with Crippen LogP contribution in [0.15, 0.2) is 29.4 Å². The Morgan fingerprint density at radius 2 is 2.00 bits per heavy atom. The number of non-ortho nitro benzene ring substituents is 1. The SMILES string of the molecule is C/C(=N\NC(=O)c1n[nH]c2c1CCCC2)c1ccc([N+](=O)[O-])cc1. The Labute approximate surface area is 138 Å². The topological polar surface area (TPSA) is 113 Å². The van der Waals surface area contributed by atoms with E-state index in [9.17, 15) is 14.9 Å². The summed E-state index contributed by atoms with van der Waals surface area (Å²) in [5, 5.41) is 21.7. The number of benzene rings is 1. The summed E-state index contributed by atoms with van der Waals surface area (Å²) in [6, 6.07) is 6.00. The second kappa shape index (κ2) is 6.61. The molecule has 24 heavy (non-hydrogen) atoms. The number of hydrogen-bond acceptors (Lipinski definition) is 5. The summed E-state index contributed by atoms with van der Waals surface area (Å²) in [7, 11) is 0. The minimum absolute atomic E-state index is 0.0127. The van der Waals surface area contributed by atoms with E-state index < -0.39 is 4.92 Å². The molecule has 0 bridgehead atoms. The molecule has 8 nitrogen and oxygen atoms in total. The van der Waals surface area contributed by atoms with Gasteiger partial charge in [0.1, 0.15) is 0 Å². The summed E-state index contributed by atoms with van der Waals surface area (Å²) in [4.78, 5) is 22.5. The smallest absolute Gasteiger partial charge is 0.281 e. The number of aryl methyl sites for hydroxylation is 1. The van der Waals surface area contributed by atoms with E-state index in [4.69, 9.17) is 0 Å². The Bertz CT molecular complexity index is 808. The fourth-order valence-corrected chi connectivity index (χ4v) is 2.75. The molecule has 1 heterocycles. The van der Waals surface area contributed by atoms with Gasteiger partial charge < -0.3 is 0 Å². The molecule has 8 heteroatoms. The fourth-order valence-electron chi connectivity index (χ4n) is 2.75. The first-order chi connectivity index (χ1) is 11.6. The largest absolute Gasteiger partial charge is 0.292 e. The van der Waals surface area contributed by atoms with E-state index in [1.54, 1.807) is 19.1 Å². The van der Waals surface area contributed by atoms with Gasteiger partial charge in [0.05, 0.1) is 10.6 Å². The summed E-state index contributed by atoms with van der Waals surface area (Å²) in [5.41, 5.74) is 6.17. The molecule has 0 saturated heterocycles. The number of carbonyl (C=O) groups excluding carboxylic acids is 1. The molecule has 1 aliphatic rings. The Morgan fingerprint density at radius 1 is 1.29 bits per heavy atom. The van der Waals surface area contributed by atoms with Crippen LogP contribution in [0.1, 0.15) is 47.1 Å². The van der Waals surface area contributed by atoms with Crippen molar-refractivity contribution in [2.24, 2.45) is 5.10 Å². The van der Waals surface area contributed by atoms with Gasteiger partial charge in [-0.1, -0.05) is 0 Å². The van der Waals surface area contributed by atoms with Gasteiger partial charge in [0.25, 0.3) is 11.6 Å². The summed E-state index contributed by atoms with van der Waals surface area (Å²) in [5.74, 6) is -0.351. The number of nitrogens with zero attached hydrogens (tertiary/aromatic N) is 3. The third-order valence-corrected chi connectivity index (χ3v) is 4.09. The number of fused-ring (bicyclic) bond motifs is 1. The van der Waals surface area contributed by atoms with Crippen LogP contribution in [0, 0.1) is 10.1 Å². The first-order valence-electron chi connectivity index (χ1n) is 7.72. The molecule has 1 amide bonds. The highest BCUT2D eigenvalue weighted by molar-refractivity contribution is 6.00. The molecule has 0 aliphatic heterocycles. The predicted molar refractivity (Wildman–Crippen MR) is 88.0 cm³/mol. The molecule has 0 fully saturated rings. The zero-order chi connectivity index (χ0) is 17.1. The van der Waals surface area contributed by atoms with Crippen LogP contribution in [0.5, 0.6) is 0 Å². The van der Waals surface area contributed by atoms with Crippen molar-refractivity contribution < 1.29 is 9.72 Å². The average Bonchev–Trinajstić information content (AvgIpc) is 3.03. The zero-order valence-electron chi connectivity index (χ0n) is 13.2. The third-order valence-electron chi connectivity index (χ3n) is 4.09. The summed E-state index contributed by atoms with van der Waals surface area (Å²) < 4.78 is 0. The van der Waals surface area contributed by atoms with Gasteiger partial charge in [-0.15, -0.1) is 0 Å². The third kappa shape index (κ3) is 3.17. The molecule has 1 aromatic heterocycles. The molecule has 124 valence electrons. The molecule has 0 radical (unpaired) electrons. The second-order valence-electron chi connectivity index (χ2n) is 5.68. The van der Waals surface area contributed by atoms with Crippen LogP contribution in [0.4, 0.5) is 5.69 Å². The molecule has 1 aromatic carbocycles. The fraction of sp³-hybridized carbons (Fsp3) is 0.312. The lowest BCUT2D eigenvalue weighted by Crippen LogP contribution is -2.21. The van der Waals surface area contributed by atoms with Crippen molar-refractivity contribution in [3.8, 4) is 0 Å². The summed E-state index contributed by atoms with van der Waals surface area (Å²) in [6.45, 7) is 1.72. The number of nitro groups is 1.